The molecule has 0 bridgehead atoms. The van der Waals surface area contributed by atoms with Crippen molar-refractivity contribution in [3.63, 3.8) is 0 Å². The summed E-state index contributed by atoms with van der Waals surface area (Å²) in [6.07, 6.45) is 2.60. The average molecular weight is 155 g/mol. The summed E-state index contributed by atoms with van der Waals surface area (Å²) in [4.78, 5) is 14.2. The number of carboxylic acids is 1. The fourth-order valence-corrected chi connectivity index (χ4v) is 0.886. The van der Waals surface area contributed by atoms with Crippen LogP contribution in [0.3, 0.4) is 0 Å². The van der Waals surface area contributed by atoms with E-state index in [0.29, 0.717) is 0 Å². The largest absolute Gasteiger partial charge is 0.480 e. The number of rotatable bonds is 2. The summed E-state index contributed by atoms with van der Waals surface area (Å²) in [5.74, 6) is -0.999. The Bertz CT molecular complexity index is 224. The molecule has 0 aromatic carbocycles. The van der Waals surface area contributed by atoms with Gasteiger partial charge in [0, 0.05) is 0 Å². The third kappa shape index (κ3) is 1.11. The number of nitrogens with zero attached hydrogens (tertiary/aromatic N) is 1. The van der Waals surface area contributed by atoms with Crippen LogP contribution >= 0.6 is 0 Å². The molecule has 1 aliphatic heterocycles. The molecule has 60 valence electrons. The summed E-state index contributed by atoms with van der Waals surface area (Å²) in [5, 5.41) is 8.64. The van der Waals surface area contributed by atoms with Crippen molar-refractivity contribution in [2.24, 2.45) is 4.99 Å². The third-order valence-corrected chi connectivity index (χ3v) is 1.70. The zero-order chi connectivity index (χ0) is 8.48. The predicted octanol–water partition coefficient (Wildman–Crippen LogP) is 0.443. The molecular weight excluding hydrogens is 146 g/mol. The molecule has 0 saturated heterocycles. The van der Waals surface area contributed by atoms with Crippen molar-refractivity contribution in [2.45, 2.75) is 18.6 Å². The minimum Gasteiger partial charge on any atom is -0.480 e. The lowest BCUT2D eigenvalue weighted by Gasteiger charge is -2.21. The number of aliphatic imine (C=N–C) groups is 1. The summed E-state index contributed by atoms with van der Waals surface area (Å²) >= 11 is 0. The van der Waals surface area contributed by atoms with E-state index < -0.39 is 17.6 Å². The van der Waals surface area contributed by atoms with Crippen molar-refractivity contribution in [1.82, 2.24) is 0 Å². The summed E-state index contributed by atoms with van der Waals surface area (Å²) in [5.41, 5.74) is -0.883. The van der Waals surface area contributed by atoms with Gasteiger partial charge in [-0.25, -0.2) is 9.79 Å². The highest BCUT2D eigenvalue weighted by Crippen LogP contribution is 2.23. The number of aliphatic carboxylic acids is 1. The molecule has 0 spiro atoms. The topological polar surface area (TPSA) is 58.9 Å². The fraction of sp³-hybridized carbons (Fsp3) is 0.429. The van der Waals surface area contributed by atoms with Crippen molar-refractivity contribution in [2.75, 3.05) is 0 Å². The lowest BCUT2D eigenvalue weighted by Crippen LogP contribution is -2.39. The van der Waals surface area contributed by atoms with Gasteiger partial charge in [-0.15, -0.1) is 0 Å². The molecule has 1 rings (SSSR count). The van der Waals surface area contributed by atoms with Crippen LogP contribution in [0.15, 0.2) is 17.6 Å². The maximum absolute atomic E-state index is 10.5. The van der Waals surface area contributed by atoms with E-state index in [2.05, 4.69) is 11.6 Å². The molecule has 4 heteroatoms. The predicted molar refractivity (Wildman–Crippen MR) is 39.6 cm³/mol. The number of ether oxygens (including phenoxy) is 1. The zero-order valence-corrected chi connectivity index (χ0v) is 6.15. The number of carbonyl (C=O) groups is 1. The molecule has 0 saturated carbocycles. The van der Waals surface area contributed by atoms with Crippen LogP contribution in [0.25, 0.3) is 0 Å². The number of hydrogen-bond donors (Lipinski definition) is 1. The molecule has 0 aromatic heterocycles. The van der Waals surface area contributed by atoms with Crippen LogP contribution in [0.5, 0.6) is 0 Å². The van der Waals surface area contributed by atoms with Crippen LogP contribution in [0.2, 0.25) is 0 Å². The second-order valence-electron chi connectivity index (χ2n) is 2.50. The van der Waals surface area contributed by atoms with Crippen molar-refractivity contribution < 1.29 is 14.6 Å². The van der Waals surface area contributed by atoms with Crippen LogP contribution < -0.4 is 0 Å². The average Bonchev–Trinajstić information content (AvgIpc) is 2.32. The van der Waals surface area contributed by atoms with Gasteiger partial charge in [-0.2, -0.15) is 0 Å². The summed E-state index contributed by atoms with van der Waals surface area (Å²) in [6, 6.07) is -0.861. The SMILES string of the molecule is C=CC1(C)OC=NC1C(=O)O. The molecule has 0 aliphatic carbocycles. The molecule has 0 amide bonds. The first-order valence-corrected chi connectivity index (χ1v) is 3.16. The van der Waals surface area contributed by atoms with E-state index in [1.165, 1.54) is 6.08 Å². The van der Waals surface area contributed by atoms with E-state index >= 15 is 0 Å². The van der Waals surface area contributed by atoms with E-state index in [4.69, 9.17) is 9.84 Å². The molecule has 4 nitrogen and oxygen atoms in total. The van der Waals surface area contributed by atoms with Crippen LogP contribution in [0, 0.1) is 0 Å². The zero-order valence-electron chi connectivity index (χ0n) is 6.15. The molecule has 11 heavy (non-hydrogen) atoms. The van der Waals surface area contributed by atoms with E-state index in [9.17, 15) is 4.79 Å². The van der Waals surface area contributed by atoms with Gasteiger partial charge < -0.3 is 9.84 Å². The monoisotopic (exact) mass is 155 g/mol. The first-order chi connectivity index (χ1) is 5.10. The second kappa shape index (κ2) is 2.38. The molecule has 1 N–H and O–H groups in total. The number of carboxylic acid groups (broad SMARTS) is 1. The molecular formula is C7H9NO3. The van der Waals surface area contributed by atoms with Crippen molar-refractivity contribution in [1.29, 1.82) is 0 Å². The van der Waals surface area contributed by atoms with Crippen LogP contribution in [0.4, 0.5) is 0 Å². The second-order valence-corrected chi connectivity index (χ2v) is 2.50. The van der Waals surface area contributed by atoms with Gasteiger partial charge in [-0.05, 0) is 13.0 Å². The van der Waals surface area contributed by atoms with E-state index in [1.54, 1.807) is 6.92 Å². The molecule has 1 heterocycles. The maximum atomic E-state index is 10.5. The van der Waals surface area contributed by atoms with Gasteiger partial charge in [-0.3, -0.25) is 0 Å². The maximum Gasteiger partial charge on any atom is 0.333 e. The van der Waals surface area contributed by atoms with Gasteiger partial charge >= 0.3 is 5.97 Å². The molecule has 0 fully saturated rings. The quantitative estimate of drug-likeness (QED) is 0.589. The van der Waals surface area contributed by atoms with Crippen LogP contribution in [0.1, 0.15) is 6.92 Å². The summed E-state index contributed by atoms with van der Waals surface area (Å²) < 4.78 is 4.97. The van der Waals surface area contributed by atoms with E-state index in [0.717, 1.165) is 6.40 Å². The molecule has 0 radical (unpaired) electrons. The van der Waals surface area contributed by atoms with Gasteiger partial charge in [0.1, 0.15) is 0 Å². The lowest BCUT2D eigenvalue weighted by atomic mass is 9.98. The Kier molecular flexibility index (Phi) is 1.68. The Labute approximate surface area is 64.2 Å². The lowest BCUT2D eigenvalue weighted by molar-refractivity contribution is -0.141. The van der Waals surface area contributed by atoms with Crippen LogP contribution in [-0.4, -0.2) is 29.1 Å². The fourth-order valence-electron chi connectivity index (χ4n) is 0.886. The van der Waals surface area contributed by atoms with Crippen molar-refractivity contribution in [3.8, 4) is 0 Å². The highest BCUT2D eigenvalue weighted by molar-refractivity contribution is 5.79. The normalized spacial score (nSPS) is 34.8. The van der Waals surface area contributed by atoms with Gasteiger partial charge in [0.25, 0.3) is 0 Å². The van der Waals surface area contributed by atoms with Crippen molar-refractivity contribution in [3.05, 3.63) is 12.7 Å². The highest BCUT2D eigenvalue weighted by atomic mass is 16.5. The van der Waals surface area contributed by atoms with Gasteiger partial charge in [0.05, 0.1) is 0 Å². The third-order valence-electron chi connectivity index (χ3n) is 1.70. The smallest absolute Gasteiger partial charge is 0.333 e. The highest BCUT2D eigenvalue weighted by Gasteiger charge is 2.41. The number of hydrogen-bond acceptors (Lipinski definition) is 3. The molecule has 1 aliphatic rings. The molecule has 0 aromatic rings. The van der Waals surface area contributed by atoms with Crippen molar-refractivity contribution >= 4 is 12.4 Å². The standard InChI is InChI=1S/C7H9NO3/c1-3-7(2)5(6(9)10)8-4-11-7/h3-5H,1H2,2H3,(H,9,10). The Morgan fingerprint density at radius 1 is 2.00 bits per heavy atom. The van der Waals surface area contributed by atoms with Gasteiger partial charge in [-0.1, -0.05) is 6.58 Å². The molecule has 2 atom stereocenters. The Morgan fingerprint density at radius 3 is 3.00 bits per heavy atom. The first kappa shape index (κ1) is 7.78. The van der Waals surface area contributed by atoms with E-state index in [1.807, 2.05) is 0 Å². The Balaban J connectivity index is 2.86. The Morgan fingerprint density at radius 2 is 2.64 bits per heavy atom. The first-order valence-electron chi connectivity index (χ1n) is 3.16. The van der Waals surface area contributed by atoms with E-state index in [-0.39, 0.29) is 0 Å². The Hall–Kier alpha value is -1.32. The minimum atomic E-state index is -0.999. The minimum absolute atomic E-state index is 0.861. The van der Waals surface area contributed by atoms with Gasteiger partial charge in [0.15, 0.2) is 18.0 Å². The van der Waals surface area contributed by atoms with Crippen LogP contribution in [-0.2, 0) is 9.53 Å². The molecule has 2 unspecified atom stereocenters. The summed E-state index contributed by atoms with van der Waals surface area (Å²) in [7, 11) is 0. The van der Waals surface area contributed by atoms with Gasteiger partial charge in [0.2, 0.25) is 0 Å². The summed E-state index contributed by atoms with van der Waals surface area (Å²) in [6.45, 7) is 5.11.